The molecule has 0 atom stereocenters. The van der Waals surface area contributed by atoms with Crippen molar-refractivity contribution in [3.8, 4) is 5.75 Å². The summed E-state index contributed by atoms with van der Waals surface area (Å²) >= 11 is 0. The Kier molecular flexibility index (Phi) is 6.44. The third-order valence-corrected chi connectivity index (χ3v) is 7.93. The molecule has 0 radical (unpaired) electrons. The molecule has 0 aliphatic heterocycles. The molecule has 1 fully saturated rings. The van der Waals surface area contributed by atoms with Crippen molar-refractivity contribution in [2.75, 3.05) is 6.61 Å². The van der Waals surface area contributed by atoms with Crippen molar-refractivity contribution in [1.29, 1.82) is 0 Å². The van der Waals surface area contributed by atoms with Crippen molar-refractivity contribution in [2.24, 2.45) is 0 Å². The molecule has 0 heterocycles. The van der Waals surface area contributed by atoms with Crippen molar-refractivity contribution < 1.29 is 17.9 Å². The van der Waals surface area contributed by atoms with Crippen molar-refractivity contribution in [2.45, 2.75) is 68.8 Å². The number of ether oxygens (including phenoxy) is 1. The number of carbonyl (C=O) groups is 1. The zero-order valence-corrected chi connectivity index (χ0v) is 15.5. The number of benzene rings is 1. The van der Waals surface area contributed by atoms with Crippen LogP contribution in [0.15, 0.2) is 30.3 Å². The first-order valence-electron chi connectivity index (χ1n) is 8.80. The molecule has 0 aromatic heterocycles. The molecule has 0 spiro atoms. The largest absolute Gasteiger partial charge is 0.494 e. The van der Waals surface area contributed by atoms with E-state index >= 15 is 0 Å². The summed E-state index contributed by atoms with van der Waals surface area (Å²) in [6.07, 6.45) is 5.12. The van der Waals surface area contributed by atoms with Crippen molar-refractivity contribution in [3.63, 3.8) is 0 Å². The van der Waals surface area contributed by atoms with Crippen molar-refractivity contribution >= 4 is 15.6 Å². The second kappa shape index (κ2) is 8.15. The van der Waals surface area contributed by atoms with Gasteiger partial charge in [-0.05, 0) is 45.2 Å². The standard InChI is InChI=1S/C19H28O4S/c1-19(2,24(21,22)17-12-7-4-8-13-17)18(20)14-9-15-23-16-10-5-3-6-11-16/h3,5-6,10-11,17H,4,7-9,12-15H2,1-2H3. The molecule has 0 bridgehead atoms. The number of ketones is 1. The Bertz CT molecular complexity index is 629. The predicted molar refractivity (Wildman–Crippen MR) is 96.0 cm³/mol. The van der Waals surface area contributed by atoms with Gasteiger partial charge < -0.3 is 4.74 Å². The maximum atomic E-state index is 12.9. The highest BCUT2D eigenvalue weighted by Crippen LogP contribution is 2.32. The van der Waals surface area contributed by atoms with Gasteiger partial charge in [0.25, 0.3) is 0 Å². The predicted octanol–water partition coefficient (Wildman–Crippen LogP) is 3.94. The summed E-state index contributed by atoms with van der Waals surface area (Å²) in [4.78, 5) is 12.5. The molecule has 1 saturated carbocycles. The van der Waals surface area contributed by atoms with Crippen molar-refractivity contribution in [3.05, 3.63) is 30.3 Å². The fourth-order valence-corrected chi connectivity index (χ4v) is 5.40. The lowest BCUT2D eigenvalue weighted by Gasteiger charge is -2.31. The molecule has 0 saturated heterocycles. The maximum absolute atomic E-state index is 12.9. The Labute approximate surface area is 145 Å². The van der Waals surface area contributed by atoms with Gasteiger partial charge in [0.1, 0.15) is 10.5 Å². The van der Waals surface area contributed by atoms with Crippen molar-refractivity contribution in [1.82, 2.24) is 0 Å². The zero-order chi connectivity index (χ0) is 17.6. The van der Waals surface area contributed by atoms with Crippen LogP contribution in [0.4, 0.5) is 0 Å². The van der Waals surface area contributed by atoms with E-state index in [1.165, 1.54) is 0 Å². The maximum Gasteiger partial charge on any atom is 0.165 e. The summed E-state index contributed by atoms with van der Waals surface area (Å²) in [6, 6.07) is 9.41. The molecule has 1 aromatic rings. The van der Waals surface area contributed by atoms with E-state index in [1.807, 2.05) is 30.3 Å². The minimum Gasteiger partial charge on any atom is -0.494 e. The Morgan fingerprint density at radius 3 is 2.38 bits per heavy atom. The lowest BCUT2D eigenvalue weighted by atomic mass is 10.0. The van der Waals surface area contributed by atoms with E-state index in [4.69, 9.17) is 4.74 Å². The van der Waals surface area contributed by atoms with Crippen LogP contribution in [0.5, 0.6) is 5.75 Å². The number of sulfone groups is 1. The average molecular weight is 352 g/mol. The molecule has 1 aromatic carbocycles. The topological polar surface area (TPSA) is 60.4 Å². The van der Waals surface area contributed by atoms with Gasteiger partial charge in [-0.3, -0.25) is 4.79 Å². The van der Waals surface area contributed by atoms with Gasteiger partial charge in [-0.2, -0.15) is 0 Å². The first-order chi connectivity index (χ1) is 11.4. The number of hydrogen-bond donors (Lipinski definition) is 0. The number of Topliss-reactive ketones (excluding diaryl/α,β-unsaturated/α-hetero) is 1. The number of para-hydroxylation sites is 1. The normalized spacial score (nSPS) is 16.8. The molecule has 0 amide bonds. The van der Waals surface area contributed by atoms with Crippen LogP contribution >= 0.6 is 0 Å². The SMILES string of the molecule is CC(C)(C(=O)CCCOc1ccccc1)S(=O)(=O)C1CCCCC1. The monoisotopic (exact) mass is 352 g/mol. The molecule has 0 N–H and O–H groups in total. The van der Waals surface area contributed by atoms with E-state index < -0.39 is 14.6 Å². The molecule has 24 heavy (non-hydrogen) atoms. The van der Waals surface area contributed by atoms with Crippen LogP contribution in [0.25, 0.3) is 0 Å². The molecule has 5 heteroatoms. The van der Waals surface area contributed by atoms with E-state index in [2.05, 4.69) is 0 Å². The summed E-state index contributed by atoms with van der Waals surface area (Å²) in [7, 11) is -3.44. The third kappa shape index (κ3) is 4.38. The van der Waals surface area contributed by atoms with Crippen LogP contribution in [-0.2, 0) is 14.6 Å². The van der Waals surface area contributed by atoms with Gasteiger partial charge in [0.2, 0.25) is 0 Å². The lowest BCUT2D eigenvalue weighted by Crippen LogP contribution is -2.46. The minimum absolute atomic E-state index is 0.204. The highest BCUT2D eigenvalue weighted by molar-refractivity contribution is 7.94. The molecule has 134 valence electrons. The van der Waals surface area contributed by atoms with E-state index in [1.54, 1.807) is 13.8 Å². The van der Waals surface area contributed by atoms with Gasteiger partial charge in [-0.1, -0.05) is 37.5 Å². The van der Waals surface area contributed by atoms with E-state index in [9.17, 15) is 13.2 Å². The van der Waals surface area contributed by atoms with E-state index in [0.29, 0.717) is 25.9 Å². The van der Waals surface area contributed by atoms with Gasteiger partial charge in [-0.25, -0.2) is 8.42 Å². The third-order valence-electron chi connectivity index (χ3n) is 4.93. The van der Waals surface area contributed by atoms with E-state index in [-0.39, 0.29) is 17.5 Å². The van der Waals surface area contributed by atoms with E-state index in [0.717, 1.165) is 25.0 Å². The second-order valence-electron chi connectivity index (χ2n) is 7.00. The molecule has 4 nitrogen and oxygen atoms in total. The first kappa shape index (κ1) is 19.0. The fourth-order valence-electron chi connectivity index (χ4n) is 3.19. The second-order valence-corrected chi connectivity index (χ2v) is 9.78. The average Bonchev–Trinajstić information content (AvgIpc) is 2.60. The van der Waals surface area contributed by atoms with Crippen LogP contribution in [0, 0.1) is 0 Å². The van der Waals surface area contributed by atoms with Crippen LogP contribution in [0.3, 0.4) is 0 Å². The quantitative estimate of drug-likeness (QED) is 0.665. The minimum atomic E-state index is -3.44. The fraction of sp³-hybridized carbons (Fsp3) is 0.632. The number of carbonyl (C=O) groups excluding carboxylic acids is 1. The Balaban J connectivity index is 1.87. The Hall–Kier alpha value is -1.36. The van der Waals surface area contributed by atoms with Gasteiger partial charge >= 0.3 is 0 Å². The van der Waals surface area contributed by atoms with Crippen LogP contribution < -0.4 is 4.74 Å². The molecule has 0 unspecified atom stereocenters. The highest BCUT2D eigenvalue weighted by Gasteiger charge is 2.45. The summed E-state index contributed by atoms with van der Waals surface area (Å²) < 4.78 is 30.0. The highest BCUT2D eigenvalue weighted by atomic mass is 32.2. The molecule has 2 rings (SSSR count). The molecule has 1 aliphatic carbocycles. The molecule has 1 aliphatic rings. The van der Waals surface area contributed by atoms with Crippen LogP contribution in [0.1, 0.15) is 58.8 Å². The van der Waals surface area contributed by atoms with Gasteiger partial charge in [0.15, 0.2) is 15.6 Å². The lowest BCUT2D eigenvalue weighted by molar-refractivity contribution is -0.121. The smallest absolute Gasteiger partial charge is 0.165 e. The van der Waals surface area contributed by atoms with Crippen LogP contribution in [-0.4, -0.2) is 30.8 Å². The van der Waals surface area contributed by atoms with Crippen LogP contribution in [0.2, 0.25) is 0 Å². The number of rotatable bonds is 8. The van der Waals surface area contributed by atoms with Gasteiger partial charge in [-0.15, -0.1) is 0 Å². The van der Waals surface area contributed by atoms with Gasteiger partial charge in [0.05, 0.1) is 11.9 Å². The summed E-state index contributed by atoms with van der Waals surface area (Å²) in [6.45, 7) is 3.55. The molecular weight excluding hydrogens is 324 g/mol. The summed E-state index contributed by atoms with van der Waals surface area (Å²) in [5.74, 6) is 0.559. The Morgan fingerprint density at radius 1 is 1.12 bits per heavy atom. The number of hydrogen-bond acceptors (Lipinski definition) is 4. The molecular formula is C19H28O4S. The summed E-state index contributed by atoms with van der Waals surface area (Å²) in [5.41, 5.74) is 0. The summed E-state index contributed by atoms with van der Waals surface area (Å²) in [5, 5.41) is -0.356. The van der Waals surface area contributed by atoms with Gasteiger partial charge in [0, 0.05) is 6.42 Å². The zero-order valence-electron chi connectivity index (χ0n) is 14.7. The first-order valence-corrected chi connectivity index (χ1v) is 10.3. The Morgan fingerprint density at radius 2 is 1.75 bits per heavy atom.